The largest absolute Gasteiger partial charge is 0.379 e. The number of rotatable bonds is 7. The monoisotopic (exact) mass is 642 g/mol. The molecule has 5 aromatic rings. The Balaban J connectivity index is 1.06. The number of carbonyl (C=O) groups excluding carboxylic acids is 1. The Morgan fingerprint density at radius 2 is 1.89 bits per heavy atom. The van der Waals surface area contributed by atoms with Crippen LogP contribution in [0, 0.1) is 0 Å². The van der Waals surface area contributed by atoms with Crippen LogP contribution < -0.4 is 31.7 Å². The third kappa shape index (κ3) is 5.35. The molecular formula is C31H31ClN10O4. The van der Waals surface area contributed by atoms with Gasteiger partial charge in [0.1, 0.15) is 5.02 Å². The SMILES string of the molecule is CO[C@@H]1CN(c2ncc(Cl)c(Nc3ccc4c(c3)CC(=O)N4C)n2)CC[C@H]1Nc1ccc2c(-n3ccc(=O)[nH]c3=O)nn(C)c2c1. The molecule has 2 aromatic carbocycles. The number of halogens is 1. The van der Waals surface area contributed by atoms with Crippen molar-refractivity contribution in [1.29, 1.82) is 0 Å². The Hall–Kier alpha value is -5.21. The third-order valence-corrected chi connectivity index (χ3v) is 8.81. The minimum Gasteiger partial charge on any atom is -0.379 e. The van der Waals surface area contributed by atoms with E-state index in [0.717, 1.165) is 39.9 Å². The summed E-state index contributed by atoms with van der Waals surface area (Å²) in [6.07, 6.45) is 3.95. The van der Waals surface area contributed by atoms with Gasteiger partial charge in [0.05, 0.1) is 30.3 Å². The molecule has 3 aromatic heterocycles. The first-order valence-electron chi connectivity index (χ1n) is 14.7. The average Bonchev–Trinajstić information content (AvgIpc) is 3.52. The number of amides is 1. The standard InChI is InChI=1S/C31H31ClN10O4/c1-39-23-7-5-18(12-17(23)13-27(39)44)35-28-21(32)15-33-30(37-28)41-10-8-22(25(16-41)46-3)34-19-4-6-20-24(14-19)40(2)38-29(20)42-11-9-26(43)36-31(42)45/h4-7,9,11-12,14-15,22,25,34H,8,10,13,16H2,1-3H3,(H,33,35,37)(H,36,43,45)/t22-,25-/m1/s1. The molecule has 3 N–H and O–H groups in total. The number of piperidine rings is 1. The lowest BCUT2D eigenvalue weighted by Crippen LogP contribution is -2.51. The van der Waals surface area contributed by atoms with Gasteiger partial charge < -0.3 is 25.2 Å². The number of ether oxygens (including phenoxy) is 1. The molecule has 7 rings (SSSR count). The molecule has 0 aliphatic carbocycles. The van der Waals surface area contributed by atoms with Crippen LogP contribution in [0.15, 0.2) is 64.4 Å². The highest BCUT2D eigenvalue weighted by molar-refractivity contribution is 6.32. The number of aryl methyl sites for hydroxylation is 1. The molecule has 46 heavy (non-hydrogen) atoms. The van der Waals surface area contributed by atoms with Crippen LogP contribution in [0.1, 0.15) is 12.0 Å². The van der Waals surface area contributed by atoms with E-state index in [0.29, 0.717) is 42.1 Å². The van der Waals surface area contributed by atoms with Gasteiger partial charge in [0.2, 0.25) is 11.9 Å². The van der Waals surface area contributed by atoms with E-state index in [1.165, 1.54) is 16.8 Å². The summed E-state index contributed by atoms with van der Waals surface area (Å²) in [4.78, 5) is 51.3. The van der Waals surface area contributed by atoms with Gasteiger partial charge in [-0.15, -0.1) is 0 Å². The van der Waals surface area contributed by atoms with Gasteiger partial charge in [-0.2, -0.15) is 10.1 Å². The zero-order valence-corrected chi connectivity index (χ0v) is 26.1. The van der Waals surface area contributed by atoms with Crippen LogP contribution in [0.4, 0.5) is 28.8 Å². The average molecular weight is 643 g/mol. The highest BCUT2D eigenvalue weighted by Gasteiger charge is 2.31. The zero-order valence-electron chi connectivity index (χ0n) is 25.3. The Morgan fingerprint density at radius 1 is 1.07 bits per heavy atom. The molecule has 1 fully saturated rings. The topological polar surface area (TPSA) is 155 Å². The minimum absolute atomic E-state index is 0.00497. The van der Waals surface area contributed by atoms with Gasteiger partial charge in [-0.1, -0.05) is 11.6 Å². The van der Waals surface area contributed by atoms with E-state index in [4.69, 9.17) is 21.3 Å². The second kappa shape index (κ2) is 11.6. The van der Waals surface area contributed by atoms with Gasteiger partial charge >= 0.3 is 5.69 Å². The Labute approximate surface area is 267 Å². The molecule has 0 unspecified atom stereocenters. The Bertz CT molecular complexity index is 2110. The van der Waals surface area contributed by atoms with Gasteiger partial charge in [-0.05, 0) is 48.4 Å². The van der Waals surface area contributed by atoms with Crippen LogP contribution in [0.2, 0.25) is 5.02 Å². The van der Waals surface area contributed by atoms with Crippen LogP contribution in [0.3, 0.4) is 0 Å². The Morgan fingerprint density at radius 3 is 2.70 bits per heavy atom. The first-order valence-corrected chi connectivity index (χ1v) is 15.1. The summed E-state index contributed by atoms with van der Waals surface area (Å²) in [5.74, 6) is 1.51. The van der Waals surface area contributed by atoms with Crippen LogP contribution in [0.5, 0.6) is 0 Å². The predicted molar refractivity (Wildman–Crippen MR) is 176 cm³/mol. The second-order valence-corrected chi connectivity index (χ2v) is 11.8. The number of likely N-dealkylation sites (N-methyl/N-ethyl adjacent to an activating group) is 1. The van der Waals surface area contributed by atoms with Crippen molar-refractivity contribution >= 4 is 57.2 Å². The molecule has 0 saturated carbocycles. The van der Waals surface area contributed by atoms with Gasteiger partial charge in [-0.25, -0.2) is 9.78 Å². The van der Waals surface area contributed by atoms with Crippen molar-refractivity contribution in [2.45, 2.75) is 25.0 Å². The lowest BCUT2D eigenvalue weighted by molar-refractivity contribution is -0.117. The number of aromatic nitrogens is 6. The number of aromatic amines is 1. The summed E-state index contributed by atoms with van der Waals surface area (Å²) in [7, 11) is 5.27. The fourth-order valence-corrected chi connectivity index (χ4v) is 6.23. The van der Waals surface area contributed by atoms with Gasteiger partial charge in [0, 0.05) is 69.0 Å². The van der Waals surface area contributed by atoms with E-state index in [1.807, 2.05) is 43.4 Å². The van der Waals surface area contributed by atoms with Gasteiger partial charge in [0.25, 0.3) is 5.56 Å². The molecule has 0 radical (unpaired) electrons. The molecule has 2 atom stereocenters. The quantitative estimate of drug-likeness (QED) is 0.241. The van der Waals surface area contributed by atoms with Gasteiger partial charge in [0.15, 0.2) is 11.6 Å². The molecule has 15 heteroatoms. The fraction of sp³-hybridized carbons (Fsp3) is 0.290. The third-order valence-electron chi connectivity index (χ3n) is 8.53. The smallest absolute Gasteiger partial charge is 0.334 e. The fourth-order valence-electron chi connectivity index (χ4n) is 6.09. The summed E-state index contributed by atoms with van der Waals surface area (Å²) >= 11 is 6.48. The molecule has 14 nitrogen and oxygen atoms in total. The second-order valence-electron chi connectivity index (χ2n) is 11.4. The van der Waals surface area contributed by atoms with Crippen LogP contribution in [-0.4, -0.2) is 74.6 Å². The Kier molecular flexibility index (Phi) is 7.45. The van der Waals surface area contributed by atoms with E-state index >= 15 is 0 Å². The van der Waals surface area contributed by atoms with Crippen molar-refractivity contribution in [3.8, 4) is 5.82 Å². The zero-order chi connectivity index (χ0) is 32.1. The van der Waals surface area contributed by atoms with E-state index < -0.39 is 11.2 Å². The van der Waals surface area contributed by atoms with Crippen molar-refractivity contribution in [2.24, 2.45) is 7.05 Å². The van der Waals surface area contributed by atoms with Crippen molar-refractivity contribution in [3.05, 3.63) is 86.3 Å². The normalized spacial score (nSPS) is 17.9. The van der Waals surface area contributed by atoms with E-state index in [1.54, 1.807) is 29.9 Å². The van der Waals surface area contributed by atoms with Crippen molar-refractivity contribution in [3.63, 3.8) is 0 Å². The summed E-state index contributed by atoms with van der Waals surface area (Å²) in [6, 6.07) is 12.9. The van der Waals surface area contributed by atoms with Crippen molar-refractivity contribution < 1.29 is 9.53 Å². The van der Waals surface area contributed by atoms with Crippen LogP contribution >= 0.6 is 11.6 Å². The number of hydrogen-bond acceptors (Lipinski definition) is 10. The summed E-state index contributed by atoms with van der Waals surface area (Å²) in [5.41, 5.74) is 3.33. The molecule has 1 saturated heterocycles. The number of hydrogen-bond donors (Lipinski definition) is 3. The molecule has 1 amide bonds. The van der Waals surface area contributed by atoms with E-state index in [2.05, 4.69) is 30.6 Å². The number of nitrogens with zero attached hydrogens (tertiary/aromatic N) is 7. The molecule has 5 heterocycles. The summed E-state index contributed by atoms with van der Waals surface area (Å²) < 4.78 is 8.94. The number of fused-ring (bicyclic) bond motifs is 2. The number of carbonyl (C=O) groups is 1. The number of benzene rings is 2. The number of anilines is 5. The lowest BCUT2D eigenvalue weighted by Gasteiger charge is -2.38. The molecule has 0 bridgehead atoms. The van der Waals surface area contributed by atoms with Crippen molar-refractivity contribution in [1.82, 2.24) is 29.3 Å². The maximum absolute atomic E-state index is 12.4. The maximum atomic E-state index is 12.4. The summed E-state index contributed by atoms with van der Waals surface area (Å²) in [5, 5.41) is 12.6. The molecule has 2 aliphatic rings. The van der Waals surface area contributed by atoms with E-state index in [-0.39, 0.29) is 18.1 Å². The minimum atomic E-state index is -0.550. The van der Waals surface area contributed by atoms with E-state index in [9.17, 15) is 14.4 Å². The molecular weight excluding hydrogens is 612 g/mol. The molecule has 2 aliphatic heterocycles. The first-order chi connectivity index (χ1) is 22.2. The molecule has 236 valence electrons. The van der Waals surface area contributed by atoms with Gasteiger partial charge in [-0.3, -0.25) is 23.8 Å². The first kappa shape index (κ1) is 29.5. The highest BCUT2D eigenvalue weighted by atomic mass is 35.5. The lowest BCUT2D eigenvalue weighted by atomic mass is 10.0. The maximum Gasteiger partial charge on any atom is 0.334 e. The van der Waals surface area contributed by atoms with Crippen LogP contribution in [-0.2, 0) is 23.0 Å². The van der Waals surface area contributed by atoms with Crippen molar-refractivity contribution in [2.75, 3.05) is 47.7 Å². The number of nitrogens with one attached hydrogen (secondary N) is 3. The summed E-state index contributed by atoms with van der Waals surface area (Å²) in [6.45, 7) is 1.23. The van der Waals surface area contributed by atoms with Crippen LogP contribution in [0.25, 0.3) is 16.7 Å². The highest BCUT2D eigenvalue weighted by Crippen LogP contribution is 2.33. The predicted octanol–water partition coefficient (Wildman–Crippen LogP) is 2.82. The number of methoxy groups -OCH3 is 1. The molecule has 0 spiro atoms. The number of H-pyrrole nitrogens is 1.